The Kier molecular flexibility index (Phi) is 3.73. The van der Waals surface area contributed by atoms with Crippen LogP contribution in [0.25, 0.3) is 17.0 Å². The fourth-order valence-electron chi connectivity index (χ4n) is 3.88. The maximum Gasteiger partial charge on any atom is 0.335 e. The summed E-state index contributed by atoms with van der Waals surface area (Å²) in [5.41, 5.74) is 4.47. The molecular weight excluding hydrogens is 370 g/mol. The first-order valence-electron chi connectivity index (χ1n) is 9.19. The zero-order valence-electron chi connectivity index (χ0n) is 15.5. The minimum atomic E-state index is -0.979. The number of imidazole rings is 1. The smallest absolute Gasteiger partial charge is 0.335 e. The maximum atomic E-state index is 12.5. The number of rotatable bonds is 3. The third-order valence-corrected chi connectivity index (χ3v) is 5.24. The van der Waals surface area contributed by atoms with Gasteiger partial charge in [-0.2, -0.15) is 9.78 Å². The highest BCUT2D eigenvalue weighted by atomic mass is 16.4. The molecule has 3 heterocycles. The molecule has 0 radical (unpaired) electrons. The largest absolute Gasteiger partial charge is 0.478 e. The lowest BCUT2D eigenvalue weighted by Gasteiger charge is -2.24. The molecule has 8 heteroatoms. The Bertz CT molecular complexity index is 1240. The van der Waals surface area contributed by atoms with Crippen molar-refractivity contribution in [2.45, 2.75) is 19.3 Å². The van der Waals surface area contributed by atoms with Crippen molar-refractivity contribution in [3.8, 4) is 5.95 Å². The van der Waals surface area contributed by atoms with E-state index in [0.29, 0.717) is 11.8 Å². The standard InChI is InChI=1S/C21H17N5O3/c1-11-18-14(12-6-8-13(9-7-12)20(28)29)10-17(27)24-19(18)26(25-11)21-22-15-4-2-3-5-16(15)23-21/h2-9,14H,10H2,1H3,(H,22,23)(H,24,27)(H,28,29). The Morgan fingerprint density at radius 3 is 2.66 bits per heavy atom. The first-order chi connectivity index (χ1) is 14.0. The summed E-state index contributed by atoms with van der Waals surface area (Å²) in [6, 6.07) is 14.3. The van der Waals surface area contributed by atoms with E-state index in [-0.39, 0.29) is 23.8 Å². The highest BCUT2D eigenvalue weighted by Crippen LogP contribution is 2.40. The van der Waals surface area contributed by atoms with Crippen molar-refractivity contribution in [2.75, 3.05) is 5.32 Å². The Morgan fingerprint density at radius 1 is 1.17 bits per heavy atom. The summed E-state index contributed by atoms with van der Waals surface area (Å²) in [7, 11) is 0. The van der Waals surface area contributed by atoms with Gasteiger partial charge in [0.2, 0.25) is 11.9 Å². The summed E-state index contributed by atoms with van der Waals surface area (Å²) in [5.74, 6) is -0.197. The van der Waals surface area contributed by atoms with Crippen LogP contribution in [0.3, 0.4) is 0 Å². The van der Waals surface area contributed by atoms with Gasteiger partial charge in [-0.05, 0) is 36.8 Å². The number of aryl methyl sites for hydroxylation is 1. The average molecular weight is 387 g/mol. The first kappa shape index (κ1) is 17.2. The topological polar surface area (TPSA) is 113 Å². The van der Waals surface area contributed by atoms with Crippen molar-refractivity contribution in [3.05, 3.63) is 70.9 Å². The highest BCUT2D eigenvalue weighted by Gasteiger charge is 2.33. The van der Waals surface area contributed by atoms with E-state index >= 15 is 0 Å². The minimum Gasteiger partial charge on any atom is -0.478 e. The van der Waals surface area contributed by atoms with Gasteiger partial charge in [-0.1, -0.05) is 24.3 Å². The molecule has 2 aromatic heterocycles. The van der Waals surface area contributed by atoms with Crippen molar-refractivity contribution in [2.24, 2.45) is 0 Å². The van der Waals surface area contributed by atoms with Crippen LogP contribution in [0.2, 0.25) is 0 Å². The monoisotopic (exact) mass is 387 g/mol. The Hall–Kier alpha value is -3.94. The lowest BCUT2D eigenvalue weighted by Crippen LogP contribution is -2.25. The number of fused-ring (bicyclic) bond motifs is 2. The van der Waals surface area contributed by atoms with Crippen molar-refractivity contribution < 1.29 is 14.7 Å². The number of carbonyl (C=O) groups excluding carboxylic acids is 1. The summed E-state index contributed by atoms with van der Waals surface area (Å²) in [5, 5.41) is 16.7. The maximum absolute atomic E-state index is 12.5. The van der Waals surface area contributed by atoms with Crippen LogP contribution in [0.15, 0.2) is 48.5 Å². The molecule has 0 bridgehead atoms. The van der Waals surface area contributed by atoms with E-state index in [9.17, 15) is 9.59 Å². The molecule has 3 N–H and O–H groups in total. The molecule has 5 rings (SSSR count). The van der Waals surface area contributed by atoms with E-state index < -0.39 is 5.97 Å². The van der Waals surface area contributed by atoms with Crippen LogP contribution in [0.5, 0.6) is 0 Å². The zero-order valence-corrected chi connectivity index (χ0v) is 15.5. The average Bonchev–Trinajstić information content (AvgIpc) is 3.28. The van der Waals surface area contributed by atoms with Crippen molar-refractivity contribution >= 4 is 28.7 Å². The summed E-state index contributed by atoms with van der Waals surface area (Å²) < 4.78 is 1.63. The minimum absolute atomic E-state index is 0.123. The molecule has 4 aromatic rings. The quantitative estimate of drug-likeness (QED) is 0.499. The molecule has 1 aliphatic heterocycles. The number of amides is 1. The predicted octanol–water partition coefficient (Wildman–Crippen LogP) is 3.23. The number of aromatic nitrogens is 4. The fourth-order valence-corrected chi connectivity index (χ4v) is 3.88. The Balaban J connectivity index is 1.63. The van der Waals surface area contributed by atoms with E-state index in [0.717, 1.165) is 27.9 Å². The molecule has 1 aliphatic rings. The number of carbonyl (C=O) groups is 2. The van der Waals surface area contributed by atoms with Gasteiger partial charge < -0.3 is 15.4 Å². The van der Waals surface area contributed by atoms with Crippen LogP contribution in [0.1, 0.15) is 39.5 Å². The molecular formula is C21H17N5O3. The molecule has 0 spiro atoms. The number of aromatic amines is 1. The van der Waals surface area contributed by atoms with Gasteiger partial charge >= 0.3 is 5.97 Å². The van der Waals surface area contributed by atoms with Crippen molar-refractivity contribution in [3.63, 3.8) is 0 Å². The van der Waals surface area contributed by atoms with Crippen molar-refractivity contribution in [1.82, 2.24) is 19.7 Å². The molecule has 1 unspecified atom stereocenters. The number of anilines is 1. The summed E-state index contributed by atoms with van der Waals surface area (Å²) >= 11 is 0. The number of aromatic carboxylic acids is 1. The lowest BCUT2D eigenvalue weighted by molar-refractivity contribution is -0.116. The number of nitrogens with zero attached hydrogens (tertiary/aromatic N) is 3. The summed E-state index contributed by atoms with van der Waals surface area (Å²) in [6.07, 6.45) is 0.270. The third kappa shape index (κ3) is 2.77. The molecule has 1 atom stereocenters. The van der Waals surface area contributed by atoms with Gasteiger partial charge in [0.15, 0.2) is 0 Å². The van der Waals surface area contributed by atoms with Gasteiger partial charge in [0.05, 0.1) is 22.3 Å². The van der Waals surface area contributed by atoms with E-state index in [1.807, 2.05) is 31.2 Å². The number of hydrogen-bond acceptors (Lipinski definition) is 4. The van der Waals surface area contributed by atoms with Crippen LogP contribution < -0.4 is 5.32 Å². The Labute approximate surface area is 165 Å². The molecule has 2 aromatic carbocycles. The summed E-state index contributed by atoms with van der Waals surface area (Å²) in [4.78, 5) is 31.4. The molecule has 8 nitrogen and oxygen atoms in total. The van der Waals surface area contributed by atoms with Gasteiger partial charge in [0.1, 0.15) is 5.82 Å². The number of carboxylic acid groups (broad SMARTS) is 1. The lowest BCUT2D eigenvalue weighted by atomic mass is 9.85. The molecule has 144 valence electrons. The summed E-state index contributed by atoms with van der Waals surface area (Å²) in [6.45, 7) is 1.90. The van der Waals surface area contributed by atoms with E-state index in [4.69, 9.17) is 5.11 Å². The second-order valence-corrected chi connectivity index (χ2v) is 7.07. The van der Waals surface area contributed by atoms with Crippen LogP contribution in [-0.4, -0.2) is 36.7 Å². The zero-order chi connectivity index (χ0) is 20.1. The first-order valence-corrected chi connectivity index (χ1v) is 9.19. The van der Waals surface area contributed by atoms with Crippen LogP contribution in [-0.2, 0) is 4.79 Å². The molecule has 1 amide bonds. The number of H-pyrrole nitrogens is 1. The molecule has 0 fully saturated rings. The fraction of sp³-hybridized carbons (Fsp3) is 0.143. The molecule has 0 saturated heterocycles. The predicted molar refractivity (Wildman–Crippen MR) is 106 cm³/mol. The van der Waals surface area contributed by atoms with Gasteiger partial charge in [0.25, 0.3) is 0 Å². The van der Waals surface area contributed by atoms with Gasteiger partial charge in [-0.3, -0.25) is 4.79 Å². The van der Waals surface area contributed by atoms with E-state index in [2.05, 4.69) is 20.4 Å². The number of benzene rings is 2. The second kappa shape index (κ2) is 6.30. The SMILES string of the molecule is Cc1nn(-c2nc3ccccc3[nH]2)c2c1C(c1ccc(C(=O)O)cc1)CC(=O)N2. The number of hydrogen-bond donors (Lipinski definition) is 3. The number of nitrogens with one attached hydrogen (secondary N) is 2. The second-order valence-electron chi connectivity index (χ2n) is 7.07. The molecule has 0 saturated carbocycles. The van der Waals surface area contributed by atoms with Gasteiger partial charge in [-0.25, -0.2) is 9.78 Å². The van der Waals surface area contributed by atoms with Crippen LogP contribution >= 0.6 is 0 Å². The van der Waals surface area contributed by atoms with Gasteiger partial charge in [-0.15, -0.1) is 0 Å². The van der Waals surface area contributed by atoms with Gasteiger partial charge in [0, 0.05) is 17.9 Å². The van der Waals surface area contributed by atoms with Crippen LogP contribution in [0.4, 0.5) is 5.82 Å². The Morgan fingerprint density at radius 2 is 1.93 bits per heavy atom. The number of carboxylic acids is 1. The normalized spacial score (nSPS) is 15.9. The third-order valence-electron chi connectivity index (χ3n) is 5.24. The van der Waals surface area contributed by atoms with E-state index in [1.165, 1.54) is 0 Å². The molecule has 0 aliphatic carbocycles. The highest BCUT2D eigenvalue weighted by molar-refractivity contribution is 5.95. The van der Waals surface area contributed by atoms with Crippen LogP contribution in [0, 0.1) is 6.92 Å². The molecule has 29 heavy (non-hydrogen) atoms. The van der Waals surface area contributed by atoms with E-state index in [1.54, 1.807) is 28.9 Å². The number of para-hydroxylation sites is 2. The van der Waals surface area contributed by atoms with Crippen molar-refractivity contribution in [1.29, 1.82) is 0 Å².